The summed E-state index contributed by atoms with van der Waals surface area (Å²) >= 11 is 11.9. The first-order chi connectivity index (χ1) is 9.02. The van der Waals surface area contributed by atoms with Crippen LogP contribution in [0.2, 0.25) is 10.0 Å². The molecule has 0 aliphatic rings. The molecule has 2 nitrogen and oxygen atoms in total. The Morgan fingerprint density at radius 3 is 2.16 bits per heavy atom. The highest BCUT2D eigenvalue weighted by Crippen LogP contribution is 2.27. The lowest BCUT2D eigenvalue weighted by molar-refractivity contribution is 0.103. The lowest BCUT2D eigenvalue weighted by Crippen LogP contribution is -2.03. The summed E-state index contributed by atoms with van der Waals surface area (Å²) in [6.45, 7) is 0. The fourth-order valence-electron chi connectivity index (χ4n) is 1.63. The van der Waals surface area contributed by atoms with Crippen molar-refractivity contribution in [2.24, 2.45) is 0 Å². The molecule has 0 aliphatic heterocycles. The van der Waals surface area contributed by atoms with Crippen LogP contribution in [-0.2, 0) is 0 Å². The van der Waals surface area contributed by atoms with Gasteiger partial charge in [0.25, 0.3) is 0 Å². The van der Waals surface area contributed by atoms with E-state index in [0.717, 1.165) is 6.07 Å². The van der Waals surface area contributed by atoms with Crippen LogP contribution in [0.5, 0.6) is 5.75 Å². The summed E-state index contributed by atoms with van der Waals surface area (Å²) in [7, 11) is 1.50. The maximum Gasteiger partial charge on any atom is 0.196 e. The second-order valence-corrected chi connectivity index (χ2v) is 4.61. The number of halogens is 3. The number of hydrogen-bond donors (Lipinski definition) is 0. The molecule has 19 heavy (non-hydrogen) atoms. The number of rotatable bonds is 3. The lowest BCUT2D eigenvalue weighted by Gasteiger charge is -2.07. The first kappa shape index (κ1) is 13.8. The standard InChI is InChI=1S/C14H9Cl2FO2/c1-19-9-3-5-11(13(16)7-9)14(18)10-4-2-8(17)6-12(10)15/h2-7H,1H3. The topological polar surface area (TPSA) is 26.3 Å². The molecular weight excluding hydrogens is 290 g/mol. The van der Waals surface area contributed by atoms with Crippen molar-refractivity contribution in [2.45, 2.75) is 0 Å². The van der Waals surface area contributed by atoms with Gasteiger partial charge in [0.2, 0.25) is 0 Å². The van der Waals surface area contributed by atoms with Crippen LogP contribution in [-0.4, -0.2) is 12.9 Å². The van der Waals surface area contributed by atoms with E-state index in [1.807, 2.05) is 0 Å². The van der Waals surface area contributed by atoms with E-state index in [4.69, 9.17) is 27.9 Å². The number of carbonyl (C=O) groups excluding carboxylic acids is 1. The molecular formula is C14H9Cl2FO2. The lowest BCUT2D eigenvalue weighted by atomic mass is 10.0. The van der Waals surface area contributed by atoms with E-state index in [9.17, 15) is 9.18 Å². The highest BCUT2D eigenvalue weighted by atomic mass is 35.5. The molecule has 2 aromatic rings. The Balaban J connectivity index is 2.44. The number of carbonyl (C=O) groups is 1. The van der Waals surface area contributed by atoms with E-state index in [2.05, 4.69) is 0 Å². The van der Waals surface area contributed by atoms with Gasteiger partial charge in [-0.05, 0) is 36.4 Å². The molecule has 0 heterocycles. The maximum absolute atomic E-state index is 13.0. The molecule has 0 amide bonds. The van der Waals surface area contributed by atoms with Crippen LogP contribution in [0.4, 0.5) is 4.39 Å². The number of ketones is 1. The second-order valence-electron chi connectivity index (χ2n) is 3.80. The van der Waals surface area contributed by atoms with E-state index in [1.54, 1.807) is 12.1 Å². The minimum Gasteiger partial charge on any atom is -0.497 e. The monoisotopic (exact) mass is 298 g/mol. The molecule has 0 saturated carbocycles. The predicted molar refractivity (Wildman–Crippen MR) is 72.8 cm³/mol. The van der Waals surface area contributed by atoms with Crippen molar-refractivity contribution in [2.75, 3.05) is 7.11 Å². The van der Waals surface area contributed by atoms with E-state index < -0.39 is 5.82 Å². The second kappa shape index (κ2) is 5.59. The quantitative estimate of drug-likeness (QED) is 0.787. The molecule has 0 spiro atoms. The van der Waals surface area contributed by atoms with Crippen LogP contribution in [0.25, 0.3) is 0 Å². The van der Waals surface area contributed by atoms with Crippen molar-refractivity contribution in [3.8, 4) is 5.75 Å². The summed E-state index contributed by atoms with van der Waals surface area (Å²) in [4.78, 5) is 12.3. The Hall–Kier alpha value is -1.58. The Morgan fingerprint density at radius 1 is 1.05 bits per heavy atom. The van der Waals surface area contributed by atoms with Gasteiger partial charge in [-0.15, -0.1) is 0 Å². The normalized spacial score (nSPS) is 10.3. The third-order valence-electron chi connectivity index (χ3n) is 2.60. The summed E-state index contributed by atoms with van der Waals surface area (Å²) < 4.78 is 18.0. The zero-order chi connectivity index (χ0) is 14.0. The Labute approximate surface area is 119 Å². The van der Waals surface area contributed by atoms with Crippen molar-refractivity contribution in [1.29, 1.82) is 0 Å². The average Bonchev–Trinajstić information content (AvgIpc) is 2.37. The Bertz CT molecular complexity index is 641. The first-order valence-corrected chi connectivity index (χ1v) is 6.12. The molecule has 0 N–H and O–H groups in total. The van der Waals surface area contributed by atoms with Gasteiger partial charge in [0.1, 0.15) is 11.6 Å². The molecule has 0 unspecified atom stereocenters. The van der Waals surface area contributed by atoms with Crippen LogP contribution in [0, 0.1) is 5.82 Å². The van der Waals surface area contributed by atoms with Gasteiger partial charge < -0.3 is 4.74 Å². The van der Waals surface area contributed by atoms with Crippen molar-refractivity contribution >= 4 is 29.0 Å². The van der Waals surface area contributed by atoms with E-state index in [0.29, 0.717) is 5.75 Å². The summed E-state index contributed by atoms with van der Waals surface area (Å²) in [5.74, 6) is -0.313. The van der Waals surface area contributed by atoms with Crippen LogP contribution >= 0.6 is 23.2 Å². The van der Waals surface area contributed by atoms with E-state index >= 15 is 0 Å². The minimum atomic E-state index is -0.498. The third kappa shape index (κ3) is 2.88. The highest BCUT2D eigenvalue weighted by molar-refractivity contribution is 6.38. The van der Waals surface area contributed by atoms with Gasteiger partial charge in [-0.25, -0.2) is 4.39 Å². The predicted octanol–water partition coefficient (Wildman–Crippen LogP) is 4.37. The average molecular weight is 299 g/mol. The summed E-state index contributed by atoms with van der Waals surface area (Å²) in [5, 5.41) is 0.307. The number of methoxy groups -OCH3 is 1. The summed E-state index contributed by atoms with van der Waals surface area (Å²) in [6, 6.07) is 8.30. The fourth-order valence-corrected chi connectivity index (χ4v) is 2.14. The van der Waals surface area contributed by atoms with Crippen molar-refractivity contribution < 1.29 is 13.9 Å². The van der Waals surface area contributed by atoms with Gasteiger partial charge >= 0.3 is 0 Å². The molecule has 0 atom stereocenters. The molecule has 2 rings (SSSR count). The van der Waals surface area contributed by atoms with Crippen LogP contribution < -0.4 is 4.74 Å². The molecule has 0 bridgehead atoms. The maximum atomic E-state index is 13.0. The SMILES string of the molecule is COc1ccc(C(=O)c2ccc(F)cc2Cl)c(Cl)c1. The van der Waals surface area contributed by atoms with Gasteiger partial charge in [-0.2, -0.15) is 0 Å². The Kier molecular flexibility index (Phi) is 4.08. The van der Waals surface area contributed by atoms with Gasteiger partial charge in [0, 0.05) is 11.1 Å². The van der Waals surface area contributed by atoms with Crippen molar-refractivity contribution in [1.82, 2.24) is 0 Å². The number of ether oxygens (including phenoxy) is 1. The molecule has 0 saturated heterocycles. The largest absolute Gasteiger partial charge is 0.497 e. The highest BCUT2D eigenvalue weighted by Gasteiger charge is 2.16. The van der Waals surface area contributed by atoms with E-state index in [-0.39, 0.29) is 27.0 Å². The van der Waals surface area contributed by atoms with Gasteiger partial charge in [0.05, 0.1) is 17.2 Å². The van der Waals surface area contributed by atoms with Gasteiger partial charge in [0.15, 0.2) is 5.78 Å². The van der Waals surface area contributed by atoms with Gasteiger partial charge in [-0.1, -0.05) is 23.2 Å². The fraction of sp³-hybridized carbons (Fsp3) is 0.0714. The zero-order valence-corrected chi connectivity index (χ0v) is 11.4. The van der Waals surface area contributed by atoms with Crippen LogP contribution in [0.1, 0.15) is 15.9 Å². The molecule has 0 aromatic heterocycles. The number of benzene rings is 2. The van der Waals surface area contributed by atoms with Crippen LogP contribution in [0.3, 0.4) is 0 Å². The third-order valence-corrected chi connectivity index (χ3v) is 3.22. The van der Waals surface area contributed by atoms with Crippen molar-refractivity contribution in [3.63, 3.8) is 0 Å². The van der Waals surface area contributed by atoms with Crippen LogP contribution in [0.15, 0.2) is 36.4 Å². The molecule has 98 valence electrons. The Morgan fingerprint density at radius 2 is 1.63 bits per heavy atom. The molecule has 0 fully saturated rings. The van der Waals surface area contributed by atoms with Crippen molar-refractivity contribution in [3.05, 3.63) is 63.4 Å². The molecule has 2 aromatic carbocycles. The zero-order valence-electron chi connectivity index (χ0n) is 9.91. The minimum absolute atomic E-state index is 0.0527. The smallest absolute Gasteiger partial charge is 0.196 e. The molecule has 0 aliphatic carbocycles. The number of hydrogen-bond acceptors (Lipinski definition) is 2. The molecule has 5 heteroatoms. The van der Waals surface area contributed by atoms with Gasteiger partial charge in [-0.3, -0.25) is 4.79 Å². The molecule has 0 radical (unpaired) electrons. The summed E-state index contributed by atoms with van der Waals surface area (Å²) in [5.41, 5.74) is 0.492. The summed E-state index contributed by atoms with van der Waals surface area (Å²) in [6.07, 6.45) is 0. The van der Waals surface area contributed by atoms with E-state index in [1.165, 1.54) is 25.3 Å². The first-order valence-electron chi connectivity index (χ1n) is 5.36.